The number of carbonyl (C=O) groups is 1. The number of aryl methyl sites for hydroxylation is 1. The summed E-state index contributed by atoms with van der Waals surface area (Å²) in [7, 11) is 0. The number of fused-ring (bicyclic) bond motifs is 1. The van der Waals surface area contributed by atoms with Crippen molar-refractivity contribution in [2.24, 2.45) is 0 Å². The molecule has 1 N–H and O–H groups in total. The number of rotatable bonds is 2. The third-order valence-electron chi connectivity index (χ3n) is 3.28. The maximum absolute atomic E-state index is 12.6. The number of hydrogen-bond donors (Lipinski definition) is 1. The Balaban J connectivity index is 2.16. The van der Waals surface area contributed by atoms with E-state index in [4.69, 9.17) is 11.6 Å². The van der Waals surface area contributed by atoms with E-state index in [2.05, 4.69) is 4.98 Å². The average molecular weight is 270 g/mol. The molecule has 3 aromatic rings. The number of para-hydroxylation sites is 1. The van der Waals surface area contributed by atoms with E-state index in [1.807, 2.05) is 37.3 Å². The molecule has 94 valence electrons. The van der Waals surface area contributed by atoms with Gasteiger partial charge in [-0.05, 0) is 30.7 Å². The van der Waals surface area contributed by atoms with Crippen molar-refractivity contribution in [3.8, 4) is 0 Å². The van der Waals surface area contributed by atoms with Crippen LogP contribution in [0, 0.1) is 6.92 Å². The van der Waals surface area contributed by atoms with Crippen LogP contribution in [0.1, 0.15) is 21.5 Å². The average Bonchev–Trinajstić information content (AvgIpc) is 2.84. The molecule has 0 aliphatic rings. The fourth-order valence-electron chi connectivity index (χ4n) is 2.24. The van der Waals surface area contributed by atoms with E-state index in [9.17, 15) is 4.79 Å². The number of ketones is 1. The zero-order valence-corrected chi connectivity index (χ0v) is 11.2. The number of aromatic nitrogens is 1. The summed E-state index contributed by atoms with van der Waals surface area (Å²) in [5.41, 5.74) is 3.23. The van der Waals surface area contributed by atoms with E-state index >= 15 is 0 Å². The Morgan fingerprint density at radius 2 is 1.89 bits per heavy atom. The van der Waals surface area contributed by atoms with Crippen LogP contribution in [0.3, 0.4) is 0 Å². The van der Waals surface area contributed by atoms with Crippen LogP contribution in [-0.2, 0) is 0 Å². The van der Waals surface area contributed by atoms with Gasteiger partial charge in [-0.25, -0.2) is 0 Å². The molecular formula is C16H12ClNO. The number of halogens is 1. The first-order chi connectivity index (χ1) is 9.16. The molecule has 0 aliphatic heterocycles. The van der Waals surface area contributed by atoms with Crippen molar-refractivity contribution in [2.75, 3.05) is 0 Å². The Labute approximate surface area is 116 Å². The summed E-state index contributed by atoms with van der Waals surface area (Å²) >= 11 is 5.98. The highest BCUT2D eigenvalue weighted by Gasteiger charge is 2.16. The van der Waals surface area contributed by atoms with Gasteiger partial charge in [0.15, 0.2) is 5.78 Å². The van der Waals surface area contributed by atoms with Gasteiger partial charge in [0, 0.05) is 33.2 Å². The second-order valence-electron chi connectivity index (χ2n) is 4.54. The molecule has 1 aromatic heterocycles. The minimum absolute atomic E-state index is 0.00236. The summed E-state index contributed by atoms with van der Waals surface area (Å²) in [5, 5.41) is 1.51. The zero-order chi connectivity index (χ0) is 13.4. The summed E-state index contributed by atoms with van der Waals surface area (Å²) in [6, 6.07) is 13.2. The molecule has 0 bridgehead atoms. The van der Waals surface area contributed by atoms with Gasteiger partial charge in [-0.3, -0.25) is 4.79 Å². The molecule has 0 unspecified atom stereocenters. The maximum atomic E-state index is 12.6. The Kier molecular flexibility index (Phi) is 2.88. The summed E-state index contributed by atoms with van der Waals surface area (Å²) in [4.78, 5) is 15.7. The van der Waals surface area contributed by atoms with Gasteiger partial charge in [0.05, 0.1) is 0 Å². The summed E-state index contributed by atoms with van der Waals surface area (Å²) in [5.74, 6) is -0.00236. The van der Waals surface area contributed by atoms with Crippen molar-refractivity contribution in [3.63, 3.8) is 0 Å². The van der Waals surface area contributed by atoms with Gasteiger partial charge in [0.1, 0.15) is 0 Å². The lowest BCUT2D eigenvalue weighted by molar-refractivity contribution is 0.104. The summed E-state index contributed by atoms with van der Waals surface area (Å²) < 4.78 is 0. The molecule has 19 heavy (non-hydrogen) atoms. The van der Waals surface area contributed by atoms with Crippen LogP contribution in [0.4, 0.5) is 0 Å². The van der Waals surface area contributed by atoms with Gasteiger partial charge < -0.3 is 4.98 Å². The van der Waals surface area contributed by atoms with Crippen LogP contribution >= 0.6 is 11.6 Å². The molecule has 0 fully saturated rings. The fraction of sp³-hybridized carbons (Fsp3) is 0.0625. The van der Waals surface area contributed by atoms with Crippen molar-refractivity contribution in [1.29, 1.82) is 0 Å². The van der Waals surface area contributed by atoms with Gasteiger partial charge in [0.2, 0.25) is 0 Å². The van der Waals surface area contributed by atoms with Crippen LogP contribution < -0.4 is 0 Å². The van der Waals surface area contributed by atoms with E-state index in [0.717, 1.165) is 16.5 Å². The topological polar surface area (TPSA) is 32.9 Å². The van der Waals surface area contributed by atoms with E-state index in [1.165, 1.54) is 0 Å². The van der Waals surface area contributed by atoms with Gasteiger partial charge in [-0.1, -0.05) is 35.9 Å². The number of hydrogen-bond acceptors (Lipinski definition) is 1. The zero-order valence-electron chi connectivity index (χ0n) is 10.4. The fourth-order valence-corrected chi connectivity index (χ4v) is 2.42. The van der Waals surface area contributed by atoms with Crippen LogP contribution in [0.25, 0.3) is 10.9 Å². The minimum atomic E-state index is -0.00236. The standard InChI is InChI=1S/C16H12ClNO/c1-10-6-7-11(17)8-13(10)16(19)14-9-18-15-5-3-2-4-12(14)15/h2-9,18H,1H3. The minimum Gasteiger partial charge on any atom is -0.360 e. The highest BCUT2D eigenvalue weighted by atomic mass is 35.5. The first kappa shape index (κ1) is 12.0. The van der Waals surface area contributed by atoms with E-state index in [1.54, 1.807) is 18.3 Å². The smallest absolute Gasteiger partial charge is 0.195 e. The molecule has 2 nitrogen and oxygen atoms in total. The molecule has 3 rings (SSSR count). The molecule has 0 atom stereocenters. The van der Waals surface area contributed by atoms with Crippen molar-refractivity contribution in [3.05, 3.63) is 70.4 Å². The first-order valence-corrected chi connectivity index (χ1v) is 6.41. The van der Waals surface area contributed by atoms with Gasteiger partial charge >= 0.3 is 0 Å². The Morgan fingerprint density at radius 3 is 2.74 bits per heavy atom. The van der Waals surface area contributed by atoms with E-state index in [0.29, 0.717) is 16.1 Å². The number of carbonyl (C=O) groups excluding carboxylic acids is 1. The highest BCUT2D eigenvalue weighted by molar-refractivity contribution is 6.31. The van der Waals surface area contributed by atoms with Crippen LogP contribution in [0.5, 0.6) is 0 Å². The lowest BCUT2D eigenvalue weighted by Gasteiger charge is -2.04. The summed E-state index contributed by atoms with van der Waals surface area (Å²) in [6.07, 6.45) is 1.76. The molecule has 0 spiro atoms. The third kappa shape index (κ3) is 2.04. The highest BCUT2D eigenvalue weighted by Crippen LogP contribution is 2.24. The van der Waals surface area contributed by atoms with Gasteiger partial charge in [-0.2, -0.15) is 0 Å². The van der Waals surface area contributed by atoms with Crippen LogP contribution in [0.15, 0.2) is 48.7 Å². The number of H-pyrrole nitrogens is 1. The van der Waals surface area contributed by atoms with Gasteiger partial charge in [-0.15, -0.1) is 0 Å². The maximum Gasteiger partial charge on any atom is 0.195 e. The molecule has 0 amide bonds. The molecule has 0 saturated carbocycles. The van der Waals surface area contributed by atoms with E-state index in [-0.39, 0.29) is 5.78 Å². The van der Waals surface area contributed by atoms with Crippen molar-refractivity contribution in [1.82, 2.24) is 4.98 Å². The Bertz CT molecular complexity index is 773. The number of aromatic amines is 1. The van der Waals surface area contributed by atoms with Crippen molar-refractivity contribution < 1.29 is 4.79 Å². The largest absolute Gasteiger partial charge is 0.360 e. The lowest BCUT2D eigenvalue weighted by Crippen LogP contribution is -2.02. The molecule has 0 saturated heterocycles. The molecule has 1 heterocycles. The van der Waals surface area contributed by atoms with Crippen molar-refractivity contribution in [2.45, 2.75) is 6.92 Å². The first-order valence-electron chi connectivity index (χ1n) is 6.04. The van der Waals surface area contributed by atoms with Crippen LogP contribution in [0.2, 0.25) is 5.02 Å². The second-order valence-corrected chi connectivity index (χ2v) is 4.97. The SMILES string of the molecule is Cc1ccc(Cl)cc1C(=O)c1c[nH]c2ccccc12. The Morgan fingerprint density at radius 1 is 1.11 bits per heavy atom. The van der Waals surface area contributed by atoms with Gasteiger partial charge in [0.25, 0.3) is 0 Å². The Hall–Kier alpha value is -2.06. The lowest BCUT2D eigenvalue weighted by atomic mass is 9.99. The number of benzene rings is 2. The predicted molar refractivity (Wildman–Crippen MR) is 77.9 cm³/mol. The normalized spacial score (nSPS) is 10.8. The monoisotopic (exact) mass is 269 g/mol. The third-order valence-corrected chi connectivity index (χ3v) is 3.51. The second kappa shape index (κ2) is 4.56. The molecule has 0 radical (unpaired) electrons. The molecule has 2 aromatic carbocycles. The molecular weight excluding hydrogens is 258 g/mol. The summed E-state index contributed by atoms with van der Waals surface area (Å²) in [6.45, 7) is 1.92. The molecule has 0 aliphatic carbocycles. The van der Waals surface area contributed by atoms with E-state index < -0.39 is 0 Å². The number of nitrogens with one attached hydrogen (secondary N) is 1. The quantitative estimate of drug-likeness (QED) is 0.689. The predicted octanol–water partition coefficient (Wildman–Crippen LogP) is 4.36. The molecule has 3 heteroatoms. The van der Waals surface area contributed by atoms with Crippen LogP contribution in [-0.4, -0.2) is 10.8 Å². The van der Waals surface area contributed by atoms with Crippen molar-refractivity contribution >= 4 is 28.3 Å².